The van der Waals surface area contributed by atoms with Gasteiger partial charge in [-0.25, -0.2) is 0 Å². The van der Waals surface area contributed by atoms with Gasteiger partial charge in [-0.05, 0) is 25.3 Å². The van der Waals surface area contributed by atoms with E-state index in [0.717, 1.165) is 19.3 Å². The van der Waals surface area contributed by atoms with Gasteiger partial charge < -0.3 is 9.47 Å². The number of hydrogen-bond acceptors (Lipinski definition) is 4. The molecule has 22 heavy (non-hydrogen) atoms. The van der Waals surface area contributed by atoms with Gasteiger partial charge in [0.05, 0.1) is 23.2 Å². The van der Waals surface area contributed by atoms with Crippen molar-refractivity contribution in [3.63, 3.8) is 0 Å². The maximum Gasteiger partial charge on any atom is 0.156 e. The molecule has 0 saturated carbocycles. The summed E-state index contributed by atoms with van der Waals surface area (Å²) < 4.78 is 11.1. The lowest BCUT2D eigenvalue weighted by molar-refractivity contribution is 0.305. The van der Waals surface area contributed by atoms with Gasteiger partial charge >= 0.3 is 0 Å². The Morgan fingerprint density at radius 2 is 1.77 bits per heavy atom. The van der Waals surface area contributed by atoms with Crippen molar-refractivity contribution in [2.45, 2.75) is 19.3 Å². The molecule has 1 aromatic rings. The van der Waals surface area contributed by atoms with E-state index >= 15 is 0 Å². The van der Waals surface area contributed by atoms with E-state index in [1.165, 1.54) is 6.08 Å². The molecule has 0 radical (unpaired) electrons. The molecule has 1 rings (SSSR count). The molecule has 4 nitrogen and oxygen atoms in total. The van der Waals surface area contributed by atoms with Gasteiger partial charge in [0.25, 0.3) is 0 Å². The van der Waals surface area contributed by atoms with Gasteiger partial charge in [-0.15, -0.1) is 0 Å². The fourth-order valence-electron chi connectivity index (χ4n) is 1.59. The Kier molecular flexibility index (Phi) is 9.64. The van der Waals surface area contributed by atoms with Crippen LogP contribution in [-0.2, 0) is 0 Å². The fraction of sp³-hybridized carbons (Fsp3) is 0.429. The highest BCUT2D eigenvalue weighted by Gasteiger charge is 2.10. The average molecular weight is 387 g/mol. The van der Waals surface area contributed by atoms with Crippen molar-refractivity contribution in [3.8, 4) is 11.5 Å². The Morgan fingerprint density at radius 3 is 2.36 bits per heavy atom. The molecule has 0 aliphatic heterocycles. The molecule has 0 unspecified atom stereocenters. The van der Waals surface area contributed by atoms with Crippen LogP contribution in [0.2, 0.25) is 10.0 Å². The first kappa shape index (κ1) is 19.4. The SMILES string of the molecule is O=NCCCCCOc1c(Cl)cc(OCC=C(Cl)Cl)cc1Cl. The highest BCUT2D eigenvalue weighted by Crippen LogP contribution is 2.37. The lowest BCUT2D eigenvalue weighted by atomic mass is 10.2. The first-order valence-electron chi connectivity index (χ1n) is 6.59. The summed E-state index contributed by atoms with van der Waals surface area (Å²) in [6.45, 7) is 0.997. The minimum atomic E-state index is 0.127. The molecule has 8 heteroatoms. The number of ether oxygens (including phenoxy) is 2. The maximum atomic E-state index is 9.95. The normalized spacial score (nSPS) is 10.2. The third-order valence-electron chi connectivity index (χ3n) is 2.60. The Balaban J connectivity index is 2.51. The number of halogens is 4. The van der Waals surface area contributed by atoms with Gasteiger partial charge in [0.15, 0.2) is 5.75 Å². The van der Waals surface area contributed by atoms with E-state index in [4.69, 9.17) is 55.9 Å². The highest BCUT2D eigenvalue weighted by atomic mass is 35.5. The Labute approximate surface area is 149 Å². The number of unbranched alkanes of at least 4 members (excludes halogenated alkanes) is 2. The highest BCUT2D eigenvalue weighted by molar-refractivity contribution is 6.55. The zero-order valence-electron chi connectivity index (χ0n) is 11.7. The van der Waals surface area contributed by atoms with E-state index in [1.807, 2.05) is 0 Å². The van der Waals surface area contributed by atoms with Crippen LogP contribution in [-0.4, -0.2) is 19.8 Å². The predicted molar refractivity (Wildman–Crippen MR) is 91.8 cm³/mol. The van der Waals surface area contributed by atoms with Crippen LogP contribution in [0.3, 0.4) is 0 Å². The second-order valence-corrected chi connectivity index (χ2v) is 6.10. The van der Waals surface area contributed by atoms with Crippen molar-refractivity contribution in [1.29, 1.82) is 0 Å². The van der Waals surface area contributed by atoms with Gasteiger partial charge in [-0.1, -0.05) is 51.6 Å². The van der Waals surface area contributed by atoms with Crippen LogP contribution >= 0.6 is 46.4 Å². The summed E-state index contributed by atoms with van der Waals surface area (Å²) in [7, 11) is 0. The molecule has 0 amide bonds. The number of benzene rings is 1. The molecule has 0 aliphatic rings. The standard InChI is InChI=1S/C14H15Cl4NO3/c15-11-8-10(21-7-4-13(17)18)9-12(16)14(11)22-6-3-1-2-5-19-20/h4,8-9H,1-3,5-7H2. The van der Waals surface area contributed by atoms with E-state index in [0.29, 0.717) is 34.7 Å². The third-order valence-corrected chi connectivity index (χ3v) is 3.47. The summed E-state index contributed by atoms with van der Waals surface area (Å²) in [5.41, 5.74) is 0. The molecule has 0 spiro atoms. The fourth-order valence-corrected chi connectivity index (χ4v) is 2.29. The molecule has 0 atom stereocenters. The van der Waals surface area contributed by atoms with Crippen LogP contribution < -0.4 is 9.47 Å². The first-order valence-corrected chi connectivity index (χ1v) is 8.10. The number of nitrogens with zero attached hydrogens (tertiary/aromatic N) is 1. The lowest BCUT2D eigenvalue weighted by Crippen LogP contribution is -2.00. The molecule has 0 N–H and O–H groups in total. The average Bonchev–Trinajstić information content (AvgIpc) is 2.44. The van der Waals surface area contributed by atoms with Gasteiger partial charge in [0.2, 0.25) is 0 Å². The van der Waals surface area contributed by atoms with Crippen LogP contribution in [0.25, 0.3) is 0 Å². The molecular weight excluding hydrogens is 372 g/mol. The summed E-state index contributed by atoms with van der Waals surface area (Å²) in [6.07, 6.45) is 3.90. The maximum absolute atomic E-state index is 9.95. The molecule has 1 aromatic carbocycles. The molecule has 0 aliphatic carbocycles. The summed E-state index contributed by atoms with van der Waals surface area (Å²) >= 11 is 23.2. The monoisotopic (exact) mass is 385 g/mol. The molecule has 0 saturated heterocycles. The van der Waals surface area contributed by atoms with Gasteiger partial charge in [0.1, 0.15) is 16.8 Å². The predicted octanol–water partition coefficient (Wildman–Crippen LogP) is 6.01. The van der Waals surface area contributed by atoms with Crippen molar-refractivity contribution < 1.29 is 9.47 Å². The Bertz CT molecular complexity index is 496. The summed E-state index contributed by atoms with van der Waals surface area (Å²) in [5.74, 6) is 0.903. The van der Waals surface area contributed by atoms with Gasteiger partial charge in [0, 0.05) is 12.1 Å². The smallest absolute Gasteiger partial charge is 0.156 e. The minimum absolute atomic E-state index is 0.127. The van der Waals surface area contributed by atoms with Crippen molar-refractivity contribution >= 4 is 46.4 Å². The number of nitroso groups, excluding NO2 is 1. The molecule has 122 valence electrons. The molecule has 0 bridgehead atoms. The first-order chi connectivity index (χ1) is 10.5. The third kappa shape index (κ3) is 7.54. The summed E-state index contributed by atoms with van der Waals surface area (Å²) in [6, 6.07) is 3.21. The van der Waals surface area contributed by atoms with E-state index in [9.17, 15) is 4.91 Å². The van der Waals surface area contributed by atoms with Crippen LogP contribution in [0.1, 0.15) is 19.3 Å². The zero-order valence-corrected chi connectivity index (χ0v) is 14.7. The summed E-state index contributed by atoms with van der Waals surface area (Å²) in [4.78, 5) is 9.95. The Hall–Kier alpha value is -0.680. The number of hydrogen-bond donors (Lipinski definition) is 0. The van der Waals surface area contributed by atoms with Gasteiger partial charge in [-0.3, -0.25) is 0 Å². The molecule has 0 aromatic heterocycles. The van der Waals surface area contributed by atoms with E-state index < -0.39 is 0 Å². The van der Waals surface area contributed by atoms with E-state index in [1.54, 1.807) is 12.1 Å². The van der Waals surface area contributed by atoms with E-state index in [2.05, 4.69) is 5.18 Å². The number of rotatable bonds is 10. The molecule has 0 fully saturated rings. The van der Waals surface area contributed by atoms with Crippen molar-refractivity contribution in [1.82, 2.24) is 0 Å². The summed E-state index contributed by atoms with van der Waals surface area (Å²) in [5, 5.41) is 3.52. The van der Waals surface area contributed by atoms with Crippen LogP contribution in [0.5, 0.6) is 11.5 Å². The zero-order chi connectivity index (χ0) is 16.4. The van der Waals surface area contributed by atoms with Crippen molar-refractivity contribution in [2.75, 3.05) is 19.8 Å². The van der Waals surface area contributed by atoms with Crippen molar-refractivity contribution in [3.05, 3.63) is 37.7 Å². The second kappa shape index (κ2) is 10.9. The van der Waals surface area contributed by atoms with Crippen LogP contribution in [0.4, 0.5) is 0 Å². The molecular formula is C14H15Cl4NO3. The Morgan fingerprint density at radius 1 is 1.09 bits per heavy atom. The topological polar surface area (TPSA) is 47.9 Å². The minimum Gasteiger partial charge on any atom is -0.490 e. The quantitative estimate of drug-likeness (QED) is 0.365. The lowest BCUT2D eigenvalue weighted by Gasteiger charge is -2.12. The van der Waals surface area contributed by atoms with E-state index in [-0.39, 0.29) is 11.1 Å². The molecule has 0 heterocycles. The van der Waals surface area contributed by atoms with Crippen LogP contribution in [0, 0.1) is 4.91 Å². The van der Waals surface area contributed by atoms with Gasteiger partial charge in [-0.2, -0.15) is 4.91 Å². The second-order valence-electron chi connectivity index (χ2n) is 4.28. The largest absolute Gasteiger partial charge is 0.490 e. The van der Waals surface area contributed by atoms with Crippen LogP contribution in [0.15, 0.2) is 27.9 Å². The van der Waals surface area contributed by atoms with Crippen molar-refractivity contribution in [2.24, 2.45) is 5.18 Å².